The van der Waals surface area contributed by atoms with Crippen LogP contribution in [0.5, 0.6) is 11.5 Å². The first-order valence-electron chi connectivity index (χ1n) is 32.1. The van der Waals surface area contributed by atoms with Crippen LogP contribution in [0, 0.1) is 0 Å². The maximum absolute atomic E-state index is 9.30. The summed E-state index contributed by atoms with van der Waals surface area (Å²) in [5, 5.41) is 55.8. The van der Waals surface area contributed by atoms with Crippen LogP contribution in [0.2, 0.25) is 0 Å². The highest BCUT2D eigenvalue weighted by Gasteiger charge is 2.32. The van der Waals surface area contributed by atoms with Crippen LogP contribution in [0.4, 0.5) is 0 Å². The van der Waals surface area contributed by atoms with E-state index in [2.05, 4.69) is 9.97 Å². The fraction of sp³-hybridized carbons (Fsp3) is 0.677. The fourth-order valence-electron chi connectivity index (χ4n) is 8.59. The zero-order valence-corrected chi connectivity index (χ0v) is 60.2. The molecule has 0 saturated carbocycles. The summed E-state index contributed by atoms with van der Waals surface area (Å²) in [6.45, 7) is 14.4. The van der Waals surface area contributed by atoms with Crippen LogP contribution in [0.3, 0.4) is 0 Å². The van der Waals surface area contributed by atoms with Gasteiger partial charge in [-0.1, -0.05) is 0 Å². The van der Waals surface area contributed by atoms with Gasteiger partial charge in [0.25, 0.3) is 0 Å². The number of H-pyrrole nitrogens is 2. The number of rotatable bonds is 58. The van der Waals surface area contributed by atoms with Gasteiger partial charge in [0.05, 0.1) is 251 Å². The zero-order chi connectivity index (χ0) is 68.2. The second-order valence-electron chi connectivity index (χ2n) is 20.5. The molecule has 0 atom stereocenters. The Morgan fingerprint density at radius 3 is 0.812 bits per heavy atom. The highest BCUT2D eigenvalue weighted by molar-refractivity contribution is 8.13. The minimum Gasteiger partial charge on any atom is -0.490 e. The normalized spacial score (nSPS) is 12.4. The van der Waals surface area contributed by atoms with Crippen molar-refractivity contribution in [1.82, 2.24) is 39.9 Å². The number of aromatic amines is 2. The average Bonchev–Trinajstić information content (AvgIpc) is 1.59. The second-order valence-corrected chi connectivity index (χ2v) is 27.1. The first kappa shape index (κ1) is 81.7. The Kier molecular flexibility index (Phi) is 42.7. The van der Waals surface area contributed by atoms with E-state index in [1.165, 1.54) is 70.6 Å². The van der Waals surface area contributed by atoms with Gasteiger partial charge >= 0.3 is 0 Å². The average molecular weight is 1470 g/mol. The van der Waals surface area contributed by atoms with Crippen LogP contribution in [0.15, 0.2) is 31.7 Å². The van der Waals surface area contributed by atoms with Gasteiger partial charge in [-0.25, -0.2) is 29.9 Å². The Morgan fingerprint density at radius 2 is 0.521 bits per heavy atom. The van der Waals surface area contributed by atoms with E-state index in [1.807, 2.05) is 39.8 Å². The maximum Gasteiger partial charge on any atom is 0.171 e. The van der Waals surface area contributed by atoms with Crippen molar-refractivity contribution in [1.29, 1.82) is 0 Å². The number of aromatic nitrogens is 8. The summed E-state index contributed by atoms with van der Waals surface area (Å²) < 4.78 is 82.5. The van der Waals surface area contributed by atoms with Gasteiger partial charge in [0.1, 0.15) is 34.1 Å². The molecule has 0 spiro atoms. The molecular formula is C62H96N8O20S6. The van der Waals surface area contributed by atoms with Crippen LogP contribution in [-0.2, 0) is 56.8 Å². The quantitative estimate of drug-likeness (QED) is 0.0173. The zero-order valence-electron chi connectivity index (χ0n) is 55.3. The summed E-state index contributed by atoms with van der Waals surface area (Å²) in [5.41, 5.74) is 2.97. The van der Waals surface area contributed by atoms with Crippen LogP contribution in [0.1, 0.15) is 39.3 Å². The molecule has 2 aliphatic rings. The monoisotopic (exact) mass is 1460 g/mol. The second kappa shape index (κ2) is 50.2. The predicted molar refractivity (Wildman–Crippen MR) is 375 cm³/mol. The number of thioether (sulfide) groups is 6. The number of hydrogen-bond acceptors (Lipinski definition) is 32. The largest absolute Gasteiger partial charge is 0.490 e. The molecule has 28 nitrogen and oxygen atoms in total. The minimum atomic E-state index is -0.262. The Labute approximate surface area is 586 Å². The maximum atomic E-state index is 9.30. The molecule has 0 amide bonds. The summed E-state index contributed by atoms with van der Waals surface area (Å²) in [7, 11) is 0. The van der Waals surface area contributed by atoms with Gasteiger partial charge in [-0.15, -0.1) is 70.6 Å². The Bertz CT molecular complexity index is 3010. The topological polar surface area (TPSA) is 360 Å². The molecule has 4 aromatic rings. The summed E-state index contributed by atoms with van der Waals surface area (Å²) >= 11 is 9.16. The Balaban J connectivity index is 1.68. The summed E-state index contributed by atoms with van der Waals surface area (Å²) in [6.07, 6.45) is -0.522. The lowest BCUT2D eigenvalue weighted by Crippen LogP contribution is -2.09. The highest BCUT2D eigenvalue weighted by Crippen LogP contribution is 2.49. The van der Waals surface area contributed by atoms with Gasteiger partial charge in [-0.05, 0) is 39.8 Å². The molecule has 540 valence electrons. The van der Waals surface area contributed by atoms with Gasteiger partial charge in [-0.3, -0.25) is 0 Å². The highest BCUT2D eigenvalue weighted by atomic mass is 32.2. The molecule has 96 heavy (non-hydrogen) atoms. The summed E-state index contributed by atoms with van der Waals surface area (Å²) in [6, 6.07) is 3.73. The van der Waals surface area contributed by atoms with Crippen molar-refractivity contribution in [3.05, 3.63) is 23.8 Å². The lowest BCUT2D eigenvalue weighted by atomic mass is 10.1. The molecule has 2 aliphatic heterocycles. The molecule has 8 N–H and O–H groups in total. The summed E-state index contributed by atoms with van der Waals surface area (Å²) in [4.78, 5) is 44.5. The third kappa shape index (κ3) is 29.4. The molecule has 5 heterocycles. The third-order valence-electron chi connectivity index (χ3n) is 12.4. The standard InChI is InChI=1S/C62H96N8O20S6/c1-43(2)89-45-5-6-46(90-44(3)4)48-47(45)55-63-56(48)65-58-50(92-38-32-84-26-20-78-14-8-72)52(94-40-34-86-28-22-80-16-10-74)60(67-58)69-62-54(96-42-36-88-30-24-82-18-12-76)53(95-41-35-87-29-23-81-17-11-75)61(70-62)68-59-51(93-39-33-85-27-21-79-15-9-73)49(57(64-55)66-59)91-37-31-83-25-19-77-13-7-71/h5-6,43-44,71-76H,7-42H2,1-4H3,(H2,63,64,65,66,67,68,69,70). The van der Waals surface area contributed by atoms with Crippen LogP contribution >= 0.6 is 70.6 Å². The number of benzene rings is 1. The van der Waals surface area contributed by atoms with Crippen molar-refractivity contribution >= 4 is 103 Å². The van der Waals surface area contributed by atoms with Gasteiger partial charge in [-0.2, -0.15) is 0 Å². The minimum absolute atomic E-state index is 0.0886. The number of aliphatic hydroxyl groups is 6. The van der Waals surface area contributed by atoms with Crippen molar-refractivity contribution in [3.8, 4) is 34.3 Å². The predicted octanol–water partition coefficient (Wildman–Crippen LogP) is 5.62. The number of nitrogens with zero attached hydrogens (tertiary/aromatic N) is 6. The number of fused-ring (bicyclic) bond motifs is 11. The van der Waals surface area contributed by atoms with E-state index < -0.39 is 0 Å². The number of nitrogens with one attached hydrogen (secondary N) is 2. The molecule has 0 aliphatic carbocycles. The van der Waals surface area contributed by atoms with Crippen LogP contribution in [-0.4, -0.2) is 315 Å². The van der Waals surface area contributed by atoms with E-state index in [0.29, 0.717) is 215 Å². The van der Waals surface area contributed by atoms with Gasteiger partial charge < -0.3 is 107 Å². The van der Waals surface area contributed by atoms with Gasteiger partial charge in [0.15, 0.2) is 23.3 Å². The van der Waals surface area contributed by atoms with E-state index >= 15 is 0 Å². The molecule has 0 saturated heterocycles. The lowest BCUT2D eigenvalue weighted by molar-refractivity contribution is 0.0377. The fourth-order valence-corrected chi connectivity index (χ4v) is 14.8. The van der Waals surface area contributed by atoms with E-state index in [-0.39, 0.29) is 103 Å². The van der Waals surface area contributed by atoms with E-state index in [0.717, 1.165) is 24.5 Å². The summed E-state index contributed by atoms with van der Waals surface area (Å²) in [5.74, 6) is 5.16. The molecule has 6 rings (SSSR count). The van der Waals surface area contributed by atoms with Crippen molar-refractivity contribution < 1.29 is 97.0 Å². The van der Waals surface area contributed by atoms with Crippen molar-refractivity contribution in [2.45, 2.75) is 59.5 Å². The number of aliphatic hydroxyl groups excluding tert-OH is 6. The van der Waals surface area contributed by atoms with Crippen LogP contribution < -0.4 is 9.47 Å². The lowest BCUT2D eigenvalue weighted by Gasteiger charge is -2.17. The van der Waals surface area contributed by atoms with E-state index in [4.69, 9.17) is 96.2 Å². The molecule has 34 heteroatoms. The van der Waals surface area contributed by atoms with Crippen molar-refractivity contribution in [2.75, 3.05) is 233 Å². The number of ether oxygens (including phenoxy) is 14. The first-order chi connectivity index (χ1) is 47.1. The third-order valence-corrected chi connectivity index (χ3v) is 19.2. The first-order valence-corrected chi connectivity index (χ1v) is 38.0. The molecule has 8 bridgehead atoms. The van der Waals surface area contributed by atoms with Crippen LogP contribution in [0.25, 0.3) is 55.2 Å². The van der Waals surface area contributed by atoms with Crippen molar-refractivity contribution in [3.63, 3.8) is 0 Å². The number of hydrogen-bond donors (Lipinski definition) is 8. The van der Waals surface area contributed by atoms with Crippen molar-refractivity contribution in [2.24, 2.45) is 0 Å². The van der Waals surface area contributed by atoms with E-state index in [1.54, 1.807) is 0 Å². The molecule has 1 aromatic carbocycles. The smallest absolute Gasteiger partial charge is 0.171 e. The van der Waals surface area contributed by atoms with Gasteiger partial charge in [0.2, 0.25) is 0 Å². The van der Waals surface area contributed by atoms with E-state index in [9.17, 15) is 30.6 Å². The Hall–Kier alpha value is -3.22. The molecule has 0 radical (unpaired) electrons. The SMILES string of the molecule is CC(C)Oc1ccc(OC(C)C)c2c1-c1nc3nc(nc4[nH]c(nc5[nH]c(nc-2n1)c(SCCOCCOCCO)c5SCCOCCOCCO)c(SCCOCCOCCO)c4SCCOCCOCCO)C(SCCOCCOCCO)=C3SCCOCCOCCO. The molecule has 0 unspecified atom stereocenters. The molecular weight excluding hydrogens is 1370 g/mol. The van der Waals surface area contributed by atoms with Gasteiger partial charge in [0, 0.05) is 34.5 Å². The molecule has 0 fully saturated rings. The molecule has 3 aromatic heterocycles. The Morgan fingerprint density at radius 1 is 0.292 bits per heavy atom.